The molecule has 94 valence electrons. The fourth-order valence-corrected chi connectivity index (χ4v) is 1.94. The molecule has 0 unspecified atom stereocenters. The van der Waals surface area contributed by atoms with Crippen molar-refractivity contribution in [3.63, 3.8) is 0 Å². The molecule has 1 aromatic carbocycles. The summed E-state index contributed by atoms with van der Waals surface area (Å²) >= 11 is 0. The van der Waals surface area contributed by atoms with Crippen LogP contribution >= 0.6 is 0 Å². The number of rotatable bonds is 3. The first-order chi connectivity index (χ1) is 8.59. The Morgan fingerprint density at radius 3 is 2.44 bits per heavy atom. The third-order valence-corrected chi connectivity index (χ3v) is 3.05. The Morgan fingerprint density at radius 1 is 1.17 bits per heavy atom. The summed E-state index contributed by atoms with van der Waals surface area (Å²) in [6.45, 7) is 4.06. The first-order valence-electron chi connectivity index (χ1n) is 6.10. The molecule has 0 fully saturated rings. The van der Waals surface area contributed by atoms with Crippen molar-refractivity contribution in [3.05, 3.63) is 53.7 Å². The van der Waals surface area contributed by atoms with E-state index < -0.39 is 0 Å². The zero-order valence-corrected chi connectivity index (χ0v) is 11.1. The van der Waals surface area contributed by atoms with E-state index in [4.69, 9.17) is 5.73 Å². The average molecular weight is 241 g/mol. The zero-order chi connectivity index (χ0) is 13.1. The van der Waals surface area contributed by atoms with Gasteiger partial charge in [0.1, 0.15) is 5.82 Å². The molecule has 18 heavy (non-hydrogen) atoms. The van der Waals surface area contributed by atoms with Crippen molar-refractivity contribution in [1.29, 1.82) is 0 Å². The van der Waals surface area contributed by atoms with Crippen LogP contribution in [0.4, 0.5) is 11.5 Å². The van der Waals surface area contributed by atoms with Crippen LogP contribution in [0, 0.1) is 6.92 Å². The molecule has 0 bridgehead atoms. The van der Waals surface area contributed by atoms with Crippen LogP contribution in [-0.4, -0.2) is 12.0 Å². The number of benzene rings is 1. The number of anilines is 2. The Balaban J connectivity index is 2.39. The van der Waals surface area contributed by atoms with Crippen LogP contribution < -0.4 is 10.6 Å². The highest BCUT2D eigenvalue weighted by atomic mass is 15.2. The van der Waals surface area contributed by atoms with Crippen molar-refractivity contribution in [2.45, 2.75) is 19.9 Å². The predicted octanol–water partition coefficient (Wildman–Crippen LogP) is 3.18. The van der Waals surface area contributed by atoms with Crippen LogP contribution in [0.3, 0.4) is 0 Å². The maximum absolute atomic E-state index is 5.99. The number of pyridine rings is 1. The van der Waals surface area contributed by atoms with Gasteiger partial charge in [-0.3, -0.25) is 0 Å². The van der Waals surface area contributed by atoms with Gasteiger partial charge in [-0.25, -0.2) is 4.98 Å². The van der Waals surface area contributed by atoms with E-state index in [9.17, 15) is 0 Å². The van der Waals surface area contributed by atoms with Gasteiger partial charge in [0.2, 0.25) is 0 Å². The minimum absolute atomic E-state index is 0.0263. The number of aryl methyl sites for hydroxylation is 1. The van der Waals surface area contributed by atoms with Crippen LogP contribution in [0.25, 0.3) is 0 Å². The maximum atomic E-state index is 5.99. The second kappa shape index (κ2) is 5.19. The van der Waals surface area contributed by atoms with Crippen molar-refractivity contribution >= 4 is 11.5 Å². The highest BCUT2D eigenvalue weighted by Crippen LogP contribution is 2.27. The third-order valence-electron chi connectivity index (χ3n) is 3.05. The molecule has 1 heterocycles. The fourth-order valence-electron chi connectivity index (χ4n) is 1.94. The molecule has 2 N–H and O–H groups in total. The van der Waals surface area contributed by atoms with Crippen molar-refractivity contribution in [1.82, 2.24) is 4.98 Å². The van der Waals surface area contributed by atoms with E-state index in [1.165, 1.54) is 5.56 Å². The first kappa shape index (κ1) is 12.6. The van der Waals surface area contributed by atoms with E-state index in [1.54, 1.807) is 6.20 Å². The summed E-state index contributed by atoms with van der Waals surface area (Å²) < 4.78 is 0. The molecule has 0 amide bonds. The van der Waals surface area contributed by atoms with E-state index in [0.29, 0.717) is 0 Å². The molecule has 2 rings (SSSR count). The largest absolute Gasteiger partial charge is 0.329 e. The summed E-state index contributed by atoms with van der Waals surface area (Å²) in [6.07, 6.45) is 1.80. The van der Waals surface area contributed by atoms with Crippen molar-refractivity contribution in [3.8, 4) is 0 Å². The molecule has 0 radical (unpaired) electrons. The number of nitrogens with zero attached hydrogens (tertiary/aromatic N) is 2. The van der Waals surface area contributed by atoms with Crippen LogP contribution in [0.1, 0.15) is 24.1 Å². The highest BCUT2D eigenvalue weighted by molar-refractivity contribution is 5.62. The summed E-state index contributed by atoms with van der Waals surface area (Å²) in [5, 5.41) is 0. The summed E-state index contributed by atoms with van der Waals surface area (Å²) in [6, 6.07) is 12.3. The Morgan fingerprint density at radius 2 is 1.83 bits per heavy atom. The zero-order valence-electron chi connectivity index (χ0n) is 11.1. The van der Waals surface area contributed by atoms with Crippen molar-refractivity contribution < 1.29 is 0 Å². The van der Waals surface area contributed by atoms with Gasteiger partial charge in [0, 0.05) is 30.5 Å². The monoisotopic (exact) mass is 241 g/mol. The predicted molar refractivity (Wildman–Crippen MR) is 76.1 cm³/mol. The van der Waals surface area contributed by atoms with E-state index >= 15 is 0 Å². The quantitative estimate of drug-likeness (QED) is 0.897. The SMILES string of the molecule is Cc1ccc(N(C)c2ncccc2[C@@H](C)N)cc1. The minimum atomic E-state index is -0.0263. The number of hydrogen-bond acceptors (Lipinski definition) is 3. The molecule has 0 aliphatic rings. The summed E-state index contributed by atoms with van der Waals surface area (Å²) in [4.78, 5) is 6.51. The molecule has 0 saturated carbocycles. The second-order valence-electron chi connectivity index (χ2n) is 4.60. The third kappa shape index (κ3) is 2.51. The average Bonchev–Trinajstić information content (AvgIpc) is 2.39. The van der Waals surface area contributed by atoms with Gasteiger partial charge in [-0.15, -0.1) is 0 Å². The molecule has 3 heteroatoms. The van der Waals surface area contributed by atoms with Crippen molar-refractivity contribution in [2.75, 3.05) is 11.9 Å². The molecule has 0 aliphatic carbocycles. The van der Waals surface area contributed by atoms with Gasteiger partial charge >= 0.3 is 0 Å². The van der Waals surface area contributed by atoms with Gasteiger partial charge in [0.15, 0.2) is 0 Å². The van der Waals surface area contributed by atoms with Crippen LogP contribution in [0.15, 0.2) is 42.6 Å². The molecule has 1 atom stereocenters. The summed E-state index contributed by atoms with van der Waals surface area (Å²) in [5.41, 5.74) is 9.41. The van der Waals surface area contributed by atoms with Crippen LogP contribution in [0.2, 0.25) is 0 Å². The summed E-state index contributed by atoms with van der Waals surface area (Å²) in [5.74, 6) is 0.913. The van der Waals surface area contributed by atoms with Gasteiger partial charge in [0.05, 0.1) is 0 Å². The maximum Gasteiger partial charge on any atom is 0.137 e. The number of aromatic nitrogens is 1. The van der Waals surface area contributed by atoms with E-state index in [0.717, 1.165) is 17.1 Å². The first-order valence-corrected chi connectivity index (χ1v) is 6.10. The lowest BCUT2D eigenvalue weighted by Crippen LogP contribution is -2.17. The van der Waals surface area contributed by atoms with Crippen LogP contribution in [0.5, 0.6) is 0 Å². The van der Waals surface area contributed by atoms with E-state index in [2.05, 4.69) is 41.1 Å². The topological polar surface area (TPSA) is 42.2 Å². The Kier molecular flexibility index (Phi) is 3.63. The summed E-state index contributed by atoms with van der Waals surface area (Å²) in [7, 11) is 2.01. The molecule has 3 nitrogen and oxygen atoms in total. The molecule has 2 aromatic rings. The lowest BCUT2D eigenvalue weighted by Gasteiger charge is -2.22. The smallest absolute Gasteiger partial charge is 0.137 e. The van der Waals surface area contributed by atoms with Crippen LogP contribution in [-0.2, 0) is 0 Å². The van der Waals surface area contributed by atoms with E-state index in [1.807, 2.05) is 26.1 Å². The van der Waals surface area contributed by atoms with Gasteiger partial charge < -0.3 is 10.6 Å². The molecule has 0 saturated heterocycles. The standard InChI is InChI=1S/C15H19N3/c1-11-6-8-13(9-7-11)18(3)15-14(12(2)16)5-4-10-17-15/h4-10,12H,16H2,1-3H3/t12-/m1/s1. The number of nitrogens with two attached hydrogens (primary N) is 1. The Bertz CT molecular complexity index is 518. The number of hydrogen-bond donors (Lipinski definition) is 1. The molecule has 1 aromatic heterocycles. The minimum Gasteiger partial charge on any atom is -0.329 e. The molecule has 0 aliphatic heterocycles. The lowest BCUT2D eigenvalue weighted by atomic mass is 10.1. The molecule has 0 spiro atoms. The molecular formula is C15H19N3. The van der Waals surface area contributed by atoms with Gasteiger partial charge in [-0.05, 0) is 32.0 Å². The Labute approximate surface area is 108 Å². The van der Waals surface area contributed by atoms with Gasteiger partial charge in [-0.2, -0.15) is 0 Å². The lowest BCUT2D eigenvalue weighted by molar-refractivity contribution is 0.807. The normalized spacial score (nSPS) is 12.2. The molecular weight excluding hydrogens is 222 g/mol. The highest BCUT2D eigenvalue weighted by Gasteiger charge is 2.12. The second-order valence-corrected chi connectivity index (χ2v) is 4.60. The Hall–Kier alpha value is -1.87. The fraction of sp³-hybridized carbons (Fsp3) is 0.267. The van der Waals surface area contributed by atoms with Crippen molar-refractivity contribution in [2.24, 2.45) is 5.73 Å². The van der Waals surface area contributed by atoms with E-state index in [-0.39, 0.29) is 6.04 Å². The van der Waals surface area contributed by atoms with Gasteiger partial charge in [0.25, 0.3) is 0 Å². The van der Waals surface area contributed by atoms with Gasteiger partial charge in [-0.1, -0.05) is 23.8 Å².